The molecular formula is C20H16N2O4. The van der Waals surface area contributed by atoms with E-state index in [9.17, 15) is 19.8 Å². The zero-order valence-electron chi connectivity index (χ0n) is 14.2. The molecule has 0 fully saturated rings. The largest absolute Gasteiger partial charge is 0.478 e. The van der Waals surface area contributed by atoms with Crippen LogP contribution >= 0.6 is 0 Å². The summed E-state index contributed by atoms with van der Waals surface area (Å²) in [6.45, 7) is 0. The Morgan fingerprint density at radius 1 is 0.731 bits per heavy atom. The first-order valence-corrected chi connectivity index (χ1v) is 8.04. The van der Waals surface area contributed by atoms with Gasteiger partial charge in [-0.15, -0.1) is 0 Å². The molecule has 0 saturated heterocycles. The zero-order valence-corrected chi connectivity index (χ0v) is 14.2. The lowest BCUT2D eigenvalue weighted by atomic mass is 10.1. The van der Waals surface area contributed by atoms with E-state index in [0.717, 1.165) is 22.4 Å². The number of aromatic nitrogens is 2. The number of aryl methyl sites for hydroxylation is 2. The Bertz CT molecular complexity index is 1120. The van der Waals surface area contributed by atoms with Crippen LogP contribution in [0.15, 0.2) is 48.5 Å². The van der Waals surface area contributed by atoms with Gasteiger partial charge in [0.2, 0.25) is 0 Å². The summed E-state index contributed by atoms with van der Waals surface area (Å²) in [4.78, 5) is 23.0. The van der Waals surface area contributed by atoms with Crippen molar-refractivity contribution in [3.8, 4) is 11.4 Å². The summed E-state index contributed by atoms with van der Waals surface area (Å²) in [6.07, 6.45) is 0. The Balaban J connectivity index is 2.05. The standard InChI is InChI=1S/C20H16N2O4/c1-21-15-7-3-5-11(19(23)24)13(15)9-17(21)18-10-14-12(20(25)26)6-4-8-16(14)22(18)2/h3-10H,1-2H3,(H,23,24)(H,25,26). The number of rotatable bonds is 3. The summed E-state index contributed by atoms with van der Waals surface area (Å²) in [5.41, 5.74) is 3.75. The number of benzene rings is 2. The van der Waals surface area contributed by atoms with E-state index in [-0.39, 0.29) is 11.1 Å². The molecule has 2 aromatic carbocycles. The number of aromatic carboxylic acids is 2. The van der Waals surface area contributed by atoms with Crippen LogP contribution in [0.4, 0.5) is 0 Å². The van der Waals surface area contributed by atoms with E-state index in [1.54, 1.807) is 24.3 Å². The molecule has 0 radical (unpaired) electrons. The van der Waals surface area contributed by atoms with E-state index in [1.807, 2.05) is 47.5 Å². The first-order chi connectivity index (χ1) is 12.4. The molecule has 2 aromatic heterocycles. The van der Waals surface area contributed by atoms with Crippen molar-refractivity contribution >= 4 is 33.7 Å². The molecule has 0 unspecified atom stereocenters. The number of hydrogen-bond donors (Lipinski definition) is 2. The molecule has 2 N–H and O–H groups in total. The molecule has 0 aliphatic carbocycles. The fourth-order valence-corrected chi connectivity index (χ4v) is 3.59. The van der Waals surface area contributed by atoms with E-state index >= 15 is 0 Å². The van der Waals surface area contributed by atoms with Gasteiger partial charge in [-0.3, -0.25) is 0 Å². The molecule has 4 rings (SSSR count). The van der Waals surface area contributed by atoms with Crippen molar-refractivity contribution in [2.24, 2.45) is 14.1 Å². The van der Waals surface area contributed by atoms with Gasteiger partial charge in [0, 0.05) is 35.9 Å². The van der Waals surface area contributed by atoms with E-state index in [2.05, 4.69) is 0 Å². The predicted molar refractivity (Wildman–Crippen MR) is 98.8 cm³/mol. The molecule has 4 aromatic rings. The maximum atomic E-state index is 11.5. The highest BCUT2D eigenvalue weighted by molar-refractivity contribution is 6.07. The molecule has 6 nitrogen and oxygen atoms in total. The maximum Gasteiger partial charge on any atom is 0.336 e. The second-order valence-electron chi connectivity index (χ2n) is 6.26. The molecule has 26 heavy (non-hydrogen) atoms. The Kier molecular flexibility index (Phi) is 3.37. The Hall–Kier alpha value is -3.54. The molecule has 0 spiro atoms. The fourth-order valence-electron chi connectivity index (χ4n) is 3.59. The Morgan fingerprint density at radius 3 is 1.46 bits per heavy atom. The molecule has 0 aliphatic rings. The minimum Gasteiger partial charge on any atom is -0.478 e. The Labute approximate surface area is 148 Å². The van der Waals surface area contributed by atoms with Gasteiger partial charge in [-0.25, -0.2) is 9.59 Å². The number of nitrogens with zero attached hydrogens (tertiary/aromatic N) is 2. The minimum atomic E-state index is -0.974. The van der Waals surface area contributed by atoms with E-state index in [1.165, 1.54) is 0 Å². The van der Waals surface area contributed by atoms with Crippen molar-refractivity contribution in [1.29, 1.82) is 0 Å². The third-order valence-electron chi connectivity index (χ3n) is 4.90. The van der Waals surface area contributed by atoms with Crippen LogP contribution in [0.2, 0.25) is 0 Å². The highest BCUT2D eigenvalue weighted by Crippen LogP contribution is 2.33. The lowest BCUT2D eigenvalue weighted by Gasteiger charge is -2.06. The second kappa shape index (κ2) is 5.49. The van der Waals surface area contributed by atoms with Crippen LogP contribution in [0.5, 0.6) is 0 Å². The Morgan fingerprint density at radius 2 is 1.12 bits per heavy atom. The van der Waals surface area contributed by atoms with Gasteiger partial charge in [0.25, 0.3) is 0 Å². The number of carboxylic acid groups (broad SMARTS) is 2. The van der Waals surface area contributed by atoms with Crippen LogP contribution in [0.1, 0.15) is 20.7 Å². The van der Waals surface area contributed by atoms with Gasteiger partial charge in [0.05, 0.1) is 22.5 Å². The van der Waals surface area contributed by atoms with Crippen LogP contribution in [0.3, 0.4) is 0 Å². The average molecular weight is 348 g/mol. The topological polar surface area (TPSA) is 84.5 Å². The number of fused-ring (bicyclic) bond motifs is 2. The van der Waals surface area contributed by atoms with E-state index in [4.69, 9.17) is 0 Å². The van der Waals surface area contributed by atoms with Crippen LogP contribution in [0, 0.1) is 0 Å². The predicted octanol–water partition coefficient (Wildman–Crippen LogP) is 3.73. The van der Waals surface area contributed by atoms with Gasteiger partial charge in [-0.2, -0.15) is 0 Å². The molecule has 0 atom stereocenters. The minimum absolute atomic E-state index is 0.245. The molecular weight excluding hydrogens is 332 g/mol. The molecule has 0 aliphatic heterocycles. The molecule has 6 heteroatoms. The average Bonchev–Trinajstić information content (AvgIpc) is 3.12. The van der Waals surface area contributed by atoms with Crippen LogP contribution in [-0.2, 0) is 14.1 Å². The maximum absolute atomic E-state index is 11.5. The summed E-state index contributed by atoms with van der Waals surface area (Å²) in [5, 5.41) is 20.2. The zero-order chi connectivity index (χ0) is 18.6. The lowest BCUT2D eigenvalue weighted by Crippen LogP contribution is -1.98. The number of carbonyl (C=O) groups is 2. The quantitative estimate of drug-likeness (QED) is 0.591. The van der Waals surface area contributed by atoms with Crippen molar-refractivity contribution in [2.45, 2.75) is 0 Å². The van der Waals surface area contributed by atoms with Gasteiger partial charge in [-0.1, -0.05) is 12.1 Å². The highest BCUT2D eigenvalue weighted by Gasteiger charge is 2.19. The number of carboxylic acids is 2. The van der Waals surface area contributed by atoms with Crippen molar-refractivity contribution < 1.29 is 19.8 Å². The summed E-state index contributed by atoms with van der Waals surface area (Å²) in [7, 11) is 3.75. The normalized spacial score (nSPS) is 11.3. The highest BCUT2D eigenvalue weighted by atomic mass is 16.4. The van der Waals surface area contributed by atoms with Gasteiger partial charge in [0.1, 0.15) is 0 Å². The monoisotopic (exact) mass is 348 g/mol. The van der Waals surface area contributed by atoms with Crippen molar-refractivity contribution in [3.05, 3.63) is 59.7 Å². The molecule has 0 saturated carbocycles. The third-order valence-corrected chi connectivity index (χ3v) is 4.90. The first-order valence-electron chi connectivity index (χ1n) is 8.04. The molecule has 2 heterocycles. The summed E-state index contributed by atoms with van der Waals surface area (Å²) in [6, 6.07) is 14.0. The molecule has 130 valence electrons. The van der Waals surface area contributed by atoms with Gasteiger partial charge >= 0.3 is 11.9 Å². The van der Waals surface area contributed by atoms with Crippen molar-refractivity contribution in [1.82, 2.24) is 9.13 Å². The van der Waals surface area contributed by atoms with Crippen LogP contribution in [0.25, 0.3) is 33.2 Å². The van der Waals surface area contributed by atoms with E-state index in [0.29, 0.717) is 10.8 Å². The van der Waals surface area contributed by atoms with Crippen LogP contribution < -0.4 is 0 Å². The number of hydrogen-bond acceptors (Lipinski definition) is 2. The molecule has 0 bridgehead atoms. The SMILES string of the molecule is Cn1c(-c2cc3c(C(=O)O)cccc3n2C)cc2c(C(=O)O)cccc21. The van der Waals surface area contributed by atoms with Crippen molar-refractivity contribution in [3.63, 3.8) is 0 Å². The third kappa shape index (κ3) is 2.12. The second-order valence-corrected chi connectivity index (χ2v) is 6.26. The smallest absolute Gasteiger partial charge is 0.336 e. The summed E-state index contributed by atoms with van der Waals surface area (Å²) >= 11 is 0. The summed E-state index contributed by atoms with van der Waals surface area (Å²) in [5.74, 6) is -1.95. The lowest BCUT2D eigenvalue weighted by molar-refractivity contribution is 0.0688. The van der Waals surface area contributed by atoms with Gasteiger partial charge in [0.15, 0.2) is 0 Å². The molecule has 0 amide bonds. The first kappa shape index (κ1) is 16.0. The van der Waals surface area contributed by atoms with Gasteiger partial charge in [-0.05, 0) is 36.4 Å². The van der Waals surface area contributed by atoms with E-state index < -0.39 is 11.9 Å². The van der Waals surface area contributed by atoms with Crippen LogP contribution in [-0.4, -0.2) is 31.3 Å². The fraction of sp³-hybridized carbons (Fsp3) is 0.100. The van der Waals surface area contributed by atoms with Crippen molar-refractivity contribution in [2.75, 3.05) is 0 Å². The summed E-state index contributed by atoms with van der Waals surface area (Å²) < 4.78 is 3.85. The van der Waals surface area contributed by atoms with Gasteiger partial charge < -0.3 is 19.3 Å².